The zero-order chi connectivity index (χ0) is 17.1. The van der Waals surface area contributed by atoms with E-state index in [0.29, 0.717) is 16.7 Å². The van der Waals surface area contributed by atoms with Gasteiger partial charge < -0.3 is 9.84 Å². The van der Waals surface area contributed by atoms with Gasteiger partial charge in [0.2, 0.25) is 0 Å². The first kappa shape index (κ1) is 16.6. The third-order valence-corrected chi connectivity index (χ3v) is 3.94. The van der Waals surface area contributed by atoms with Gasteiger partial charge in [0.1, 0.15) is 24.3 Å². The number of nitrogens with zero attached hydrogens (tertiary/aromatic N) is 2. The fraction of sp³-hybridized carbons (Fsp3) is 0.176. The smallest absolute Gasteiger partial charge is 0.261 e. The molecule has 0 spiro atoms. The molecule has 5 nitrogen and oxygen atoms in total. The molecule has 1 N–H and O–H groups in total. The van der Waals surface area contributed by atoms with E-state index < -0.39 is 6.10 Å². The van der Waals surface area contributed by atoms with Crippen molar-refractivity contribution in [3.63, 3.8) is 0 Å². The summed E-state index contributed by atoms with van der Waals surface area (Å²) in [6.45, 7) is 0.0318. The van der Waals surface area contributed by atoms with Crippen molar-refractivity contribution in [3.8, 4) is 5.75 Å². The third kappa shape index (κ3) is 3.80. The predicted octanol–water partition coefficient (Wildman–Crippen LogP) is 2.74. The third-order valence-electron chi connectivity index (χ3n) is 3.45. The highest BCUT2D eigenvalue weighted by atomic mass is 79.9. The Morgan fingerprint density at radius 2 is 2.00 bits per heavy atom. The Labute approximate surface area is 145 Å². The molecule has 0 fully saturated rings. The lowest BCUT2D eigenvalue weighted by Gasteiger charge is -2.14. The van der Waals surface area contributed by atoms with Crippen LogP contribution in [0.2, 0.25) is 0 Å². The zero-order valence-electron chi connectivity index (χ0n) is 12.5. The molecular formula is C17H14BrFN2O3. The van der Waals surface area contributed by atoms with Crippen LogP contribution in [0.1, 0.15) is 0 Å². The lowest BCUT2D eigenvalue weighted by molar-refractivity contribution is 0.0914. The van der Waals surface area contributed by atoms with Crippen molar-refractivity contribution in [2.75, 3.05) is 6.61 Å². The average molecular weight is 393 g/mol. The topological polar surface area (TPSA) is 64.4 Å². The zero-order valence-corrected chi connectivity index (χ0v) is 14.1. The molecule has 124 valence electrons. The summed E-state index contributed by atoms with van der Waals surface area (Å²) in [6, 6.07) is 10.8. The van der Waals surface area contributed by atoms with Gasteiger partial charge in [-0.2, -0.15) is 0 Å². The summed E-state index contributed by atoms with van der Waals surface area (Å²) in [5.74, 6) is 0.0891. The minimum absolute atomic E-state index is 0.0193. The average Bonchev–Trinajstić information content (AvgIpc) is 2.57. The fourth-order valence-corrected chi connectivity index (χ4v) is 2.63. The molecule has 0 radical (unpaired) electrons. The van der Waals surface area contributed by atoms with Crippen LogP contribution < -0.4 is 10.3 Å². The number of aromatic nitrogens is 2. The van der Waals surface area contributed by atoms with Crippen LogP contribution in [0, 0.1) is 5.82 Å². The molecule has 0 amide bonds. The monoisotopic (exact) mass is 392 g/mol. The van der Waals surface area contributed by atoms with Gasteiger partial charge >= 0.3 is 0 Å². The Balaban J connectivity index is 1.71. The second-order valence-electron chi connectivity index (χ2n) is 5.28. The van der Waals surface area contributed by atoms with E-state index in [1.54, 1.807) is 12.1 Å². The van der Waals surface area contributed by atoms with Gasteiger partial charge in [-0.05, 0) is 42.5 Å². The van der Waals surface area contributed by atoms with E-state index in [2.05, 4.69) is 20.9 Å². The largest absolute Gasteiger partial charge is 0.491 e. The van der Waals surface area contributed by atoms with Gasteiger partial charge in [0, 0.05) is 4.47 Å². The first-order valence-corrected chi connectivity index (χ1v) is 8.03. The highest BCUT2D eigenvalue weighted by Gasteiger charge is 2.10. The maximum Gasteiger partial charge on any atom is 0.261 e. The molecule has 3 rings (SSSR count). The molecule has 1 aromatic heterocycles. The minimum Gasteiger partial charge on any atom is -0.491 e. The number of aliphatic hydroxyl groups excluding tert-OH is 1. The van der Waals surface area contributed by atoms with Crippen LogP contribution >= 0.6 is 15.9 Å². The number of ether oxygens (including phenoxy) is 1. The van der Waals surface area contributed by atoms with E-state index in [4.69, 9.17) is 4.74 Å². The Morgan fingerprint density at radius 3 is 2.75 bits per heavy atom. The molecule has 0 unspecified atom stereocenters. The molecule has 2 aromatic carbocycles. The summed E-state index contributed by atoms with van der Waals surface area (Å²) < 4.78 is 20.3. The molecule has 0 bridgehead atoms. The number of rotatable bonds is 5. The van der Waals surface area contributed by atoms with Gasteiger partial charge in [0.25, 0.3) is 5.56 Å². The van der Waals surface area contributed by atoms with Gasteiger partial charge in [-0.1, -0.05) is 15.9 Å². The fourth-order valence-electron chi connectivity index (χ4n) is 2.26. The number of benzene rings is 2. The van der Waals surface area contributed by atoms with Crippen molar-refractivity contribution in [2.45, 2.75) is 12.6 Å². The van der Waals surface area contributed by atoms with Crippen LogP contribution in [-0.4, -0.2) is 27.4 Å². The Bertz CT molecular complexity index is 912. The van der Waals surface area contributed by atoms with Crippen LogP contribution in [0.4, 0.5) is 4.39 Å². The van der Waals surface area contributed by atoms with Crippen molar-refractivity contribution in [2.24, 2.45) is 0 Å². The summed E-state index contributed by atoms with van der Waals surface area (Å²) >= 11 is 3.33. The van der Waals surface area contributed by atoms with Gasteiger partial charge in [-0.3, -0.25) is 9.36 Å². The number of aliphatic hydroxyl groups is 1. The highest BCUT2D eigenvalue weighted by molar-refractivity contribution is 9.10. The van der Waals surface area contributed by atoms with Crippen molar-refractivity contribution in [1.82, 2.24) is 9.55 Å². The summed E-state index contributed by atoms with van der Waals surface area (Å²) in [6.07, 6.45) is 0.499. The molecule has 0 saturated carbocycles. The Morgan fingerprint density at radius 1 is 1.25 bits per heavy atom. The molecular weight excluding hydrogens is 379 g/mol. The van der Waals surface area contributed by atoms with Gasteiger partial charge in [0.05, 0.1) is 23.8 Å². The molecule has 7 heteroatoms. The summed E-state index contributed by atoms with van der Waals surface area (Å²) in [5.41, 5.74) is 0.360. The standard InChI is InChI=1S/C17H14BrFN2O3/c18-11-1-6-16-15(7-11)17(23)21(10-20-16)8-13(22)9-24-14-4-2-12(19)3-5-14/h1-7,10,13,22H,8-9H2/t13-/m0/s1. The predicted molar refractivity (Wildman–Crippen MR) is 91.6 cm³/mol. The van der Waals surface area contributed by atoms with Gasteiger partial charge in [0.15, 0.2) is 0 Å². The molecule has 0 aliphatic heterocycles. The SMILES string of the molecule is O=c1c2cc(Br)ccc2ncn1C[C@H](O)COc1ccc(F)cc1. The first-order valence-electron chi connectivity index (χ1n) is 7.24. The minimum atomic E-state index is -0.904. The number of hydrogen-bond donors (Lipinski definition) is 1. The van der Waals surface area contributed by atoms with E-state index in [1.165, 1.54) is 35.2 Å². The second kappa shape index (κ2) is 7.11. The summed E-state index contributed by atoms with van der Waals surface area (Å²) in [7, 11) is 0. The summed E-state index contributed by atoms with van der Waals surface area (Å²) in [4.78, 5) is 16.6. The second-order valence-corrected chi connectivity index (χ2v) is 6.20. The van der Waals surface area contributed by atoms with Crippen molar-refractivity contribution < 1.29 is 14.2 Å². The van der Waals surface area contributed by atoms with Gasteiger partial charge in [-0.25, -0.2) is 9.37 Å². The number of halogens is 2. The quantitative estimate of drug-likeness (QED) is 0.724. The van der Waals surface area contributed by atoms with Gasteiger partial charge in [-0.15, -0.1) is 0 Å². The highest BCUT2D eigenvalue weighted by Crippen LogP contribution is 2.15. The lowest BCUT2D eigenvalue weighted by atomic mass is 10.2. The van der Waals surface area contributed by atoms with E-state index in [0.717, 1.165) is 4.47 Å². The van der Waals surface area contributed by atoms with E-state index in [1.807, 2.05) is 6.07 Å². The van der Waals surface area contributed by atoms with Crippen molar-refractivity contribution in [1.29, 1.82) is 0 Å². The molecule has 1 heterocycles. The molecule has 24 heavy (non-hydrogen) atoms. The lowest BCUT2D eigenvalue weighted by Crippen LogP contribution is -2.30. The van der Waals surface area contributed by atoms with Crippen LogP contribution in [0.15, 0.2) is 58.1 Å². The van der Waals surface area contributed by atoms with Crippen LogP contribution in [0.25, 0.3) is 10.9 Å². The first-order chi connectivity index (χ1) is 11.5. The van der Waals surface area contributed by atoms with Crippen LogP contribution in [0.5, 0.6) is 5.75 Å². The van der Waals surface area contributed by atoms with Crippen LogP contribution in [0.3, 0.4) is 0 Å². The normalized spacial score (nSPS) is 12.3. The van der Waals surface area contributed by atoms with E-state index in [-0.39, 0.29) is 24.5 Å². The maximum absolute atomic E-state index is 12.8. The maximum atomic E-state index is 12.8. The Kier molecular flexibility index (Phi) is 4.92. The van der Waals surface area contributed by atoms with E-state index in [9.17, 15) is 14.3 Å². The number of hydrogen-bond acceptors (Lipinski definition) is 4. The van der Waals surface area contributed by atoms with Crippen molar-refractivity contribution in [3.05, 3.63) is 69.4 Å². The molecule has 3 aromatic rings. The molecule has 0 saturated heterocycles. The molecule has 1 atom stereocenters. The van der Waals surface area contributed by atoms with Crippen LogP contribution in [-0.2, 0) is 6.54 Å². The molecule has 0 aliphatic carbocycles. The molecule has 0 aliphatic rings. The number of fused-ring (bicyclic) bond motifs is 1. The Hall–Kier alpha value is -2.25. The van der Waals surface area contributed by atoms with Crippen molar-refractivity contribution >= 4 is 26.8 Å². The summed E-state index contributed by atoms with van der Waals surface area (Å²) in [5, 5.41) is 10.5. The van der Waals surface area contributed by atoms with E-state index >= 15 is 0 Å².